The summed E-state index contributed by atoms with van der Waals surface area (Å²) in [7, 11) is 0. The predicted octanol–water partition coefficient (Wildman–Crippen LogP) is 1.36. The molecule has 4 heteroatoms. The molecule has 2 atom stereocenters. The van der Waals surface area contributed by atoms with Gasteiger partial charge in [-0.1, -0.05) is 6.42 Å². The summed E-state index contributed by atoms with van der Waals surface area (Å²) in [4.78, 5) is 4.22. The second-order valence-corrected chi connectivity index (χ2v) is 4.68. The Balaban J connectivity index is 1.68. The van der Waals surface area contributed by atoms with Gasteiger partial charge in [-0.15, -0.1) is 11.3 Å². The molecule has 0 radical (unpaired) electrons. The van der Waals surface area contributed by atoms with E-state index in [1.807, 2.05) is 5.51 Å². The van der Waals surface area contributed by atoms with Gasteiger partial charge in [-0.2, -0.15) is 0 Å². The Kier molecular flexibility index (Phi) is 3.50. The van der Waals surface area contributed by atoms with E-state index in [1.54, 1.807) is 11.3 Å². The number of nitrogens with zero attached hydrogens (tertiary/aromatic N) is 1. The molecule has 3 N–H and O–H groups in total. The van der Waals surface area contributed by atoms with E-state index in [4.69, 9.17) is 5.73 Å². The number of nitrogens with two attached hydrogens (primary N) is 1. The molecule has 0 saturated heterocycles. The lowest BCUT2D eigenvalue weighted by atomic mass is 10.1. The summed E-state index contributed by atoms with van der Waals surface area (Å²) in [5.74, 6) is 0.675. The first-order valence-corrected chi connectivity index (χ1v) is 6.14. The second kappa shape index (κ2) is 4.87. The van der Waals surface area contributed by atoms with Crippen molar-refractivity contribution >= 4 is 11.3 Å². The third-order valence-electron chi connectivity index (χ3n) is 2.91. The quantitative estimate of drug-likeness (QED) is 0.790. The van der Waals surface area contributed by atoms with Gasteiger partial charge in [-0.25, -0.2) is 4.98 Å². The van der Waals surface area contributed by atoms with Crippen LogP contribution in [0.5, 0.6) is 0 Å². The predicted molar refractivity (Wildman–Crippen MR) is 59.1 cm³/mol. The van der Waals surface area contributed by atoms with Crippen molar-refractivity contribution in [3.05, 3.63) is 16.6 Å². The number of aromatic nitrogens is 1. The summed E-state index contributed by atoms with van der Waals surface area (Å²) in [5.41, 5.74) is 9.00. The minimum atomic E-state index is 0.415. The van der Waals surface area contributed by atoms with Crippen LogP contribution >= 0.6 is 11.3 Å². The average Bonchev–Trinajstić information content (AvgIpc) is 2.78. The maximum atomic E-state index is 5.98. The molecule has 78 valence electrons. The SMILES string of the molecule is NC1CCCC1CNCc1cscn1. The fourth-order valence-electron chi connectivity index (χ4n) is 2.03. The molecule has 1 heterocycles. The van der Waals surface area contributed by atoms with E-state index in [1.165, 1.54) is 19.3 Å². The highest BCUT2D eigenvalue weighted by atomic mass is 32.1. The molecule has 3 nitrogen and oxygen atoms in total. The largest absolute Gasteiger partial charge is 0.327 e. The lowest BCUT2D eigenvalue weighted by Gasteiger charge is -2.15. The van der Waals surface area contributed by atoms with Crippen molar-refractivity contribution in [1.29, 1.82) is 0 Å². The van der Waals surface area contributed by atoms with Crippen LogP contribution in [-0.4, -0.2) is 17.6 Å². The Bertz CT molecular complexity index is 260. The van der Waals surface area contributed by atoms with E-state index < -0.39 is 0 Å². The standard InChI is InChI=1S/C10H17N3S/c11-10-3-1-2-8(10)4-12-5-9-6-14-7-13-9/h6-8,10,12H,1-5,11H2. The van der Waals surface area contributed by atoms with Crippen LogP contribution in [0.15, 0.2) is 10.9 Å². The summed E-state index contributed by atoms with van der Waals surface area (Å²) in [6.07, 6.45) is 3.78. The molecule has 1 aromatic rings. The molecule has 0 bridgehead atoms. The van der Waals surface area contributed by atoms with Crippen molar-refractivity contribution in [2.24, 2.45) is 11.7 Å². The molecule has 0 amide bonds. The van der Waals surface area contributed by atoms with E-state index in [9.17, 15) is 0 Å². The molecule has 1 fully saturated rings. The highest BCUT2D eigenvalue weighted by Crippen LogP contribution is 2.23. The first kappa shape index (κ1) is 10.1. The number of hydrogen-bond acceptors (Lipinski definition) is 4. The fourth-order valence-corrected chi connectivity index (χ4v) is 2.59. The maximum Gasteiger partial charge on any atom is 0.0795 e. The zero-order valence-corrected chi connectivity index (χ0v) is 9.09. The zero-order valence-electron chi connectivity index (χ0n) is 8.28. The van der Waals surface area contributed by atoms with Gasteiger partial charge in [-0.05, 0) is 25.3 Å². The van der Waals surface area contributed by atoms with E-state index >= 15 is 0 Å². The molecule has 0 aliphatic heterocycles. The van der Waals surface area contributed by atoms with Gasteiger partial charge in [-0.3, -0.25) is 0 Å². The third-order valence-corrected chi connectivity index (χ3v) is 3.55. The first-order valence-electron chi connectivity index (χ1n) is 5.19. The van der Waals surface area contributed by atoms with Gasteiger partial charge in [0.25, 0.3) is 0 Å². The molecule has 1 aromatic heterocycles. The summed E-state index contributed by atoms with van der Waals surface area (Å²) >= 11 is 1.65. The Labute approximate surface area is 88.7 Å². The lowest BCUT2D eigenvalue weighted by Crippen LogP contribution is -2.32. The van der Waals surface area contributed by atoms with E-state index in [-0.39, 0.29) is 0 Å². The van der Waals surface area contributed by atoms with Crippen LogP contribution in [0.3, 0.4) is 0 Å². The summed E-state index contributed by atoms with van der Waals surface area (Å²) < 4.78 is 0. The Morgan fingerprint density at radius 3 is 3.14 bits per heavy atom. The van der Waals surface area contributed by atoms with Gasteiger partial charge in [0.2, 0.25) is 0 Å². The van der Waals surface area contributed by atoms with Gasteiger partial charge in [0.05, 0.1) is 11.2 Å². The summed E-state index contributed by atoms with van der Waals surface area (Å²) in [5, 5.41) is 5.51. The average molecular weight is 211 g/mol. The van der Waals surface area contributed by atoms with Crippen LogP contribution in [0.25, 0.3) is 0 Å². The number of hydrogen-bond donors (Lipinski definition) is 2. The number of nitrogens with one attached hydrogen (secondary N) is 1. The van der Waals surface area contributed by atoms with Crippen molar-refractivity contribution in [3.8, 4) is 0 Å². The van der Waals surface area contributed by atoms with Crippen molar-refractivity contribution in [1.82, 2.24) is 10.3 Å². The van der Waals surface area contributed by atoms with Gasteiger partial charge in [0.1, 0.15) is 0 Å². The highest BCUT2D eigenvalue weighted by molar-refractivity contribution is 7.07. The molecule has 2 unspecified atom stereocenters. The van der Waals surface area contributed by atoms with Crippen LogP contribution in [0.4, 0.5) is 0 Å². The Hall–Kier alpha value is -0.450. The van der Waals surface area contributed by atoms with Crippen molar-refractivity contribution in [2.75, 3.05) is 6.54 Å². The molecule has 1 aliphatic rings. The van der Waals surface area contributed by atoms with Crippen LogP contribution in [0, 0.1) is 5.92 Å². The van der Waals surface area contributed by atoms with Crippen LogP contribution < -0.4 is 11.1 Å². The number of rotatable bonds is 4. The smallest absolute Gasteiger partial charge is 0.0795 e. The summed E-state index contributed by atoms with van der Waals surface area (Å²) in [6.45, 7) is 1.92. The molecule has 0 aromatic carbocycles. The number of thiazole rings is 1. The molecular weight excluding hydrogens is 194 g/mol. The lowest BCUT2D eigenvalue weighted by molar-refractivity contribution is 0.440. The molecule has 14 heavy (non-hydrogen) atoms. The van der Waals surface area contributed by atoms with Crippen LogP contribution in [0.2, 0.25) is 0 Å². The first-order chi connectivity index (χ1) is 6.86. The molecular formula is C10H17N3S. The summed E-state index contributed by atoms with van der Waals surface area (Å²) in [6, 6.07) is 0.415. The minimum absolute atomic E-state index is 0.415. The normalized spacial score (nSPS) is 26.9. The molecule has 0 spiro atoms. The van der Waals surface area contributed by atoms with Gasteiger partial charge in [0.15, 0.2) is 0 Å². The van der Waals surface area contributed by atoms with E-state index in [2.05, 4.69) is 15.7 Å². The minimum Gasteiger partial charge on any atom is -0.327 e. The van der Waals surface area contributed by atoms with Gasteiger partial charge in [0, 0.05) is 18.0 Å². The molecule has 2 rings (SSSR count). The van der Waals surface area contributed by atoms with Gasteiger partial charge < -0.3 is 11.1 Å². The van der Waals surface area contributed by atoms with E-state index in [0.717, 1.165) is 18.8 Å². The molecule has 1 saturated carbocycles. The maximum absolute atomic E-state index is 5.98. The zero-order chi connectivity index (χ0) is 9.80. The van der Waals surface area contributed by atoms with Crippen molar-refractivity contribution in [3.63, 3.8) is 0 Å². The third kappa shape index (κ3) is 2.53. The van der Waals surface area contributed by atoms with Crippen LogP contribution in [-0.2, 0) is 6.54 Å². The highest BCUT2D eigenvalue weighted by Gasteiger charge is 2.22. The Morgan fingerprint density at radius 1 is 1.57 bits per heavy atom. The monoisotopic (exact) mass is 211 g/mol. The fraction of sp³-hybridized carbons (Fsp3) is 0.700. The van der Waals surface area contributed by atoms with Crippen molar-refractivity contribution in [2.45, 2.75) is 31.8 Å². The molecule has 1 aliphatic carbocycles. The van der Waals surface area contributed by atoms with E-state index in [0.29, 0.717) is 12.0 Å². The topological polar surface area (TPSA) is 50.9 Å². The van der Waals surface area contributed by atoms with Crippen molar-refractivity contribution < 1.29 is 0 Å². The second-order valence-electron chi connectivity index (χ2n) is 3.97. The van der Waals surface area contributed by atoms with Gasteiger partial charge >= 0.3 is 0 Å². The Morgan fingerprint density at radius 2 is 2.50 bits per heavy atom. The van der Waals surface area contributed by atoms with Crippen LogP contribution in [0.1, 0.15) is 25.0 Å².